The summed E-state index contributed by atoms with van der Waals surface area (Å²) in [6.07, 6.45) is 2.88. The van der Waals surface area contributed by atoms with Gasteiger partial charge in [-0.15, -0.1) is 0 Å². The highest BCUT2D eigenvalue weighted by Gasteiger charge is 2.26. The first-order chi connectivity index (χ1) is 8.69. The lowest BCUT2D eigenvalue weighted by molar-refractivity contribution is 0.0795. The monoisotopic (exact) mass is 255 g/mol. The van der Waals surface area contributed by atoms with Gasteiger partial charge >= 0.3 is 0 Å². The largest absolute Gasteiger partial charge is 0.493 e. The second-order valence-corrected chi connectivity index (χ2v) is 4.30. The summed E-state index contributed by atoms with van der Waals surface area (Å²) >= 11 is 0. The number of hydrogen-bond acceptors (Lipinski definition) is 4. The second-order valence-electron chi connectivity index (χ2n) is 4.30. The first-order valence-corrected chi connectivity index (χ1v) is 6.55. The average Bonchev–Trinajstić information content (AvgIpc) is 2.78. The summed E-state index contributed by atoms with van der Waals surface area (Å²) in [4.78, 5) is 0. The van der Waals surface area contributed by atoms with Gasteiger partial charge in [0.1, 0.15) is 0 Å². The predicted molar refractivity (Wildman–Crippen MR) is 72.0 cm³/mol. The van der Waals surface area contributed by atoms with Crippen molar-refractivity contribution in [2.45, 2.75) is 45.9 Å². The topological polar surface area (TPSA) is 48.3 Å². The number of nitrogens with one attached hydrogen (secondary N) is 1. The summed E-state index contributed by atoms with van der Waals surface area (Å²) in [6.45, 7) is 8.04. The van der Waals surface area contributed by atoms with Crippen molar-refractivity contribution in [1.82, 2.24) is 15.1 Å². The number of ether oxygens (including phenoxy) is 2. The van der Waals surface area contributed by atoms with E-state index >= 15 is 0 Å². The molecule has 5 nitrogen and oxygen atoms in total. The molecule has 104 valence electrons. The third-order valence-electron chi connectivity index (χ3n) is 3.06. The van der Waals surface area contributed by atoms with Crippen LogP contribution in [0.15, 0.2) is 6.20 Å². The number of methoxy groups -OCH3 is 2. The number of hydrogen-bond donors (Lipinski definition) is 1. The molecule has 0 saturated carbocycles. The molecule has 1 heterocycles. The van der Waals surface area contributed by atoms with Gasteiger partial charge in [-0.1, -0.05) is 13.8 Å². The molecule has 0 fully saturated rings. The Bertz CT molecular complexity index is 352. The van der Waals surface area contributed by atoms with Gasteiger partial charge in [0.15, 0.2) is 5.75 Å². The summed E-state index contributed by atoms with van der Waals surface area (Å²) < 4.78 is 12.9. The van der Waals surface area contributed by atoms with Gasteiger partial charge in [0, 0.05) is 13.7 Å². The van der Waals surface area contributed by atoms with Crippen molar-refractivity contribution in [3.63, 3.8) is 0 Å². The molecule has 1 aromatic heterocycles. The van der Waals surface area contributed by atoms with Crippen LogP contribution < -0.4 is 10.1 Å². The van der Waals surface area contributed by atoms with Crippen molar-refractivity contribution in [1.29, 1.82) is 0 Å². The van der Waals surface area contributed by atoms with Crippen LogP contribution in [0.4, 0.5) is 0 Å². The summed E-state index contributed by atoms with van der Waals surface area (Å²) in [6, 6.07) is 0.0870. The van der Waals surface area contributed by atoms with Crippen LogP contribution in [-0.2, 0) is 11.3 Å². The van der Waals surface area contributed by atoms with E-state index < -0.39 is 0 Å². The smallest absolute Gasteiger partial charge is 0.161 e. The Morgan fingerprint density at radius 1 is 1.39 bits per heavy atom. The Hall–Kier alpha value is -1.07. The molecule has 0 radical (unpaired) electrons. The zero-order valence-electron chi connectivity index (χ0n) is 12.1. The first-order valence-electron chi connectivity index (χ1n) is 6.55. The molecule has 1 rings (SSSR count). The minimum atomic E-state index is 0.0613. The molecule has 0 bridgehead atoms. The minimum Gasteiger partial charge on any atom is -0.493 e. The molecule has 1 aromatic rings. The quantitative estimate of drug-likeness (QED) is 0.771. The third-order valence-corrected chi connectivity index (χ3v) is 3.06. The summed E-state index contributed by atoms with van der Waals surface area (Å²) in [5.41, 5.74) is 1.07. The van der Waals surface area contributed by atoms with Crippen molar-refractivity contribution in [3.05, 3.63) is 11.9 Å². The van der Waals surface area contributed by atoms with E-state index in [4.69, 9.17) is 9.47 Å². The fraction of sp³-hybridized carbons (Fsp3) is 0.769. The van der Waals surface area contributed by atoms with Crippen LogP contribution >= 0.6 is 0 Å². The van der Waals surface area contributed by atoms with Crippen LogP contribution in [0, 0.1) is 0 Å². The highest BCUT2D eigenvalue weighted by atomic mass is 16.5. The molecule has 18 heavy (non-hydrogen) atoms. The van der Waals surface area contributed by atoms with Crippen molar-refractivity contribution in [3.8, 4) is 5.75 Å². The molecule has 5 heteroatoms. The van der Waals surface area contributed by atoms with Crippen LogP contribution in [-0.4, -0.2) is 36.6 Å². The molecule has 1 N–H and O–H groups in total. The maximum atomic E-state index is 5.46. The molecule has 2 unspecified atom stereocenters. The highest BCUT2D eigenvalue weighted by Crippen LogP contribution is 2.28. The van der Waals surface area contributed by atoms with E-state index in [1.165, 1.54) is 0 Å². The Balaban J connectivity index is 3.10. The fourth-order valence-electron chi connectivity index (χ4n) is 2.08. The van der Waals surface area contributed by atoms with E-state index in [9.17, 15) is 0 Å². The van der Waals surface area contributed by atoms with Gasteiger partial charge in [0.05, 0.1) is 31.1 Å². The lowest BCUT2D eigenvalue weighted by atomic mass is 10.1. The fourth-order valence-corrected chi connectivity index (χ4v) is 2.08. The molecular weight excluding hydrogens is 230 g/mol. The van der Waals surface area contributed by atoms with E-state index in [0.717, 1.165) is 31.0 Å². The van der Waals surface area contributed by atoms with Crippen LogP contribution in [0.3, 0.4) is 0 Å². The van der Waals surface area contributed by atoms with Crippen molar-refractivity contribution < 1.29 is 9.47 Å². The highest BCUT2D eigenvalue weighted by molar-refractivity contribution is 5.29. The molecule has 0 aromatic carbocycles. The van der Waals surface area contributed by atoms with Gasteiger partial charge in [-0.25, -0.2) is 0 Å². The minimum absolute atomic E-state index is 0.0613. The zero-order chi connectivity index (χ0) is 13.5. The van der Waals surface area contributed by atoms with Crippen LogP contribution in [0.5, 0.6) is 5.75 Å². The molecular formula is C13H25N3O2. The Morgan fingerprint density at radius 3 is 2.61 bits per heavy atom. The van der Waals surface area contributed by atoms with Gasteiger partial charge in [-0.05, 0) is 19.9 Å². The van der Waals surface area contributed by atoms with E-state index in [-0.39, 0.29) is 12.1 Å². The standard InChI is InChI=1S/C13H25N3O2/c1-6-8-16-13(11(18-5)9-15-16)12(14-7-2)10(3)17-4/h9-10,12,14H,6-8H2,1-5H3. The first kappa shape index (κ1) is 15.0. The van der Waals surface area contributed by atoms with Gasteiger partial charge in [-0.2, -0.15) is 5.10 Å². The van der Waals surface area contributed by atoms with E-state index in [1.54, 1.807) is 20.4 Å². The second kappa shape index (κ2) is 7.38. The molecule has 2 atom stereocenters. The Morgan fingerprint density at radius 2 is 2.11 bits per heavy atom. The Kier molecular flexibility index (Phi) is 6.15. The van der Waals surface area contributed by atoms with Gasteiger partial charge in [-0.3, -0.25) is 4.68 Å². The van der Waals surface area contributed by atoms with Gasteiger partial charge < -0.3 is 14.8 Å². The Labute approximate surface area is 109 Å². The average molecular weight is 255 g/mol. The maximum Gasteiger partial charge on any atom is 0.161 e. The van der Waals surface area contributed by atoms with E-state index in [0.29, 0.717) is 0 Å². The lowest BCUT2D eigenvalue weighted by Gasteiger charge is -2.25. The zero-order valence-corrected chi connectivity index (χ0v) is 12.1. The molecule has 0 spiro atoms. The van der Waals surface area contributed by atoms with E-state index in [2.05, 4.69) is 31.2 Å². The number of aryl methyl sites for hydroxylation is 1. The maximum absolute atomic E-state index is 5.46. The van der Waals surface area contributed by atoms with Crippen LogP contribution in [0.25, 0.3) is 0 Å². The van der Waals surface area contributed by atoms with Crippen molar-refractivity contribution in [2.75, 3.05) is 20.8 Å². The van der Waals surface area contributed by atoms with Crippen molar-refractivity contribution >= 4 is 0 Å². The molecule has 0 aliphatic heterocycles. The molecule has 0 amide bonds. The number of nitrogens with zero attached hydrogens (tertiary/aromatic N) is 2. The SMILES string of the molecule is CCCn1ncc(OC)c1C(NCC)C(C)OC. The molecule has 0 aliphatic carbocycles. The van der Waals surface area contributed by atoms with Gasteiger partial charge in [0.25, 0.3) is 0 Å². The predicted octanol–water partition coefficient (Wildman–Crippen LogP) is 1.99. The van der Waals surface area contributed by atoms with Crippen molar-refractivity contribution in [2.24, 2.45) is 0 Å². The summed E-state index contributed by atoms with van der Waals surface area (Å²) in [5, 5.41) is 7.84. The lowest BCUT2D eigenvalue weighted by Crippen LogP contribution is -2.33. The molecule has 0 saturated heterocycles. The van der Waals surface area contributed by atoms with Gasteiger partial charge in [0.2, 0.25) is 0 Å². The van der Waals surface area contributed by atoms with Crippen LogP contribution in [0.2, 0.25) is 0 Å². The molecule has 0 aliphatic rings. The summed E-state index contributed by atoms with van der Waals surface area (Å²) in [5.74, 6) is 0.818. The normalized spacial score (nSPS) is 14.5. The number of likely N-dealkylation sites (N-methyl/N-ethyl adjacent to an activating group) is 1. The number of aromatic nitrogens is 2. The third kappa shape index (κ3) is 3.23. The van der Waals surface area contributed by atoms with E-state index in [1.807, 2.05) is 4.68 Å². The number of rotatable bonds is 8. The van der Waals surface area contributed by atoms with Crippen LogP contribution in [0.1, 0.15) is 38.9 Å². The summed E-state index contributed by atoms with van der Waals surface area (Å²) in [7, 11) is 3.40.